The highest BCUT2D eigenvalue weighted by atomic mass is 19.4. The minimum Gasteiger partial charge on any atom is -0.479 e. The predicted molar refractivity (Wildman–Crippen MR) is 130 cm³/mol. The molecule has 0 aliphatic rings. The van der Waals surface area contributed by atoms with Crippen LogP contribution in [0.3, 0.4) is 0 Å². The van der Waals surface area contributed by atoms with E-state index in [0.717, 1.165) is 69.2 Å². The van der Waals surface area contributed by atoms with Gasteiger partial charge >= 0.3 is 12.1 Å². The maximum absolute atomic E-state index is 12.7. The Balaban J connectivity index is 1.88. The third-order valence-electron chi connectivity index (χ3n) is 5.29. The Kier molecular flexibility index (Phi) is 11.6. The van der Waals surface area contributed by atoms with E-state index in [0.29, 0.717) is 11.5 Å². The van der Waals surface area contributed by atoms with E-state index in [1.165, 1.54) is 12.1 Å². The zero-order valence-corrected chi connectivity index (χ0v) is 20.6. The second-order valence-corrected chi connectivity index (χ2v) is 8.34. The van der Waals surface area contributed by atoms with Crippen LogP contribution in [0.4, 0.5) is 13.2 Å². The number of oxime groups is 1. The summed E-state index contributed by atoms with van der Waals surface area (Å²) < 4.78 is 49.2. The quantitative estimate of drug-likeness (QED) is 0.115. The van der Waals surface area contributed by atoms with Gasteiger partial charge in [-0.3, -0.25) is 0 Å². The summed E-state index contributed by atoms with van der Waals surface area (Å²) in [7, 11) is 0. The molecule has 8 heteroatoms. The van der Waals surface area contributed by atoms with Gasteiger partial charge in [-0.05, 0) is 81.1 Å². The van der Waals surface area contributed by atoms with Crippen LogP contribution < -0.4 is 9.47 Å². The fourth-order valence-electron chi connectivity index (χ4n) is 3.24. The molecule has 0 spiro atoms. The SMILES string of the molecule is CCCCCC(CCCCC)=NOC(=O)C(C)Oc1ccc(Oc2ccc(C(F)(F)F)cc2)cc1. The number of hydrogen-bond donors (Lipinski definition) is 0. The molecule has 0 aromatic heterocycles. The molecule has 0 saturated heterocycles. The Hall–Kier alpha value is -3.03. The van der Waals surface area contributed by atoms with E-state index in [-0.39, 0.29) is 5.75 Å². The predicted octanol–water partition coefficient (Wildman–Crippen LogP) is 8.32. The van der Waals surface area contributed by atoms with Crippen LogP contribution in [0.15, 0.2) is 53.7 Å². The van der Waals surface area contributed by atoms with Crippen molar-refractivity contribution >= 4 is 11.7 Å². The number of rotatable bonds is 14. The first-order valence-corrected chi connectivity index (χ1v) is 12.1. The van der Waals surface area contributed by atoms with Crippen molar-refractivity contribution in [3.05, 3.63) is 54.1 Å². The van der Waals surface area contributed by atoms with Gasteiger partial charge in [0.05, 0.1) is 11.3 Å². The number of ether oxygens (including phenoxy) is 2. The number of alkyl halides is 3. The standard InChI is InChI=1S/C27H34F3NO4/c1-4-6-8-10-22(11-9-7-5-2)31-35-26(32)20(3)33-23-16-18-25(19-17-23)34-24-14-12-21(13-15-24)27(28,29)30/h12-20H,4-11H2,1-3H3. The number of nitrogens with zero attached hydrogens (tertiary/aromatic N) is 1. The Labute approximate surface area is 205 Å². The van der Waals surface area contributed by atoms with Gasteiger partial charge in [0, 0.05) is 0 Å². The van der Waals surface area contributed by atoms with Crippen molar-refractivity contribution in [1.82, 2.24) is 0 Å². The molecule has 0 amide bonds. The molecule has 5 nitrogen and oxygen atoms in total. The van der Waals surface area contributed by atoms with Crippen LogP contribution in [-0.4, -0.2) is 17.8 Å². The van der Waals surface area contributed by atoms with Crippen LogP contribution in [0.2, 0.25) is 0 Å². The van der Waals surface area contributed by atoms with E-state index in [9.17, 15) is 18.0 Å². The van der Waals surface area contributed by atoms with Gasteiger partial charge in [-0.15, -0.1) is 0 Å². The van der Waals surface area contributed by atoms with Gasteiger partial charge in [0.15, 0.2) is 6.10 Å². The van der Waals surface area contributed by atoms with Crippen molar-refractivity contribution in [1.29, 1.82) is 0 Å². The maximum Gasteiger partial charge on any atom is 0.416 e. The zero-order chi connectivity index (χ0) is 25.7. The summed E-state index contributed by atoms with van der Waals surface area (Å²) in [5, 5.41) is 4.11. The van der Waals surface area contributed by atoms with Gasteiger partial charge < -0.3 is 14.3 Å². The second-order valence-electron chi connectivity index (χ2n) is 8.34. The van der Waals surface area contributed by atoms with Crippen molar-refractivity contribution in [2.45, 2.75) is 84.4 Å². The molecule has 192 valence electrons. The molecule has 2 aromatic rings. The van der Waals surface area contributed by atoms with Crippen molar-refractivity contribution < 1.29 is 32.3 Å². The summed E-state index contributed by atoms with van der Waals surface area (Å²) in [5.74, 6) is 0.527. The smallest absolute Gasteiger partial charge is 0.416 e. The molecular weight excluding hydrogens is 459 g/mol. The van der Waals surface area contributed by atoms with Crippen LogP contribution in [0.5, 0.6) is 17.2 Å². The van der Waals surface area contributed by atoms with E-state index in [4.69, 9.17) is 14.3 Å². The van der Waals surface area contributed by atoms with Crippen molar-refractivity contribution in [2.75, 3.05) is 0 Å². The monoisotopic (exact) mass is 493 g/mol. The lowest BCUT2D eigenvalue weighted by molar-refractivity contribution is -0.151. The Morgan fingerprint density at radius 1 is 0.829 bits per heavy atom. The lowest BCUT2D eigenvalue weighted by Crippen LogP contribution is -2.25. The molecule has 0 aliphatic carbocycles. The van der Waals surface area contributed by atoms with Crippen LogP contribution in [0.1, 0.15) is 77.7 Å². The molecule has 0 heterocycles. The molecule has 0 N–H and O–H groups in total. The van der Waals surface area contributed by atoms with E-state index >= 15 is 0 Å². The minimum absolute atomic E-state index is 0.273. The van der Waals surface area contributed by atoms with Crippen molar-refractivity contribution in [2.24, 2.45) is 5.16 Å². The number of benzene rings is 2. The van der Waals surface area contributed by atoms with E-state index in [1.54, 1.807) is 31.2 Å². The van der Waals surface area contributed by atoms with Gasteiger partial charge in [-0.25, -0.2) is 4.79 Å². The summed E-state index contributed by atoms with van der Waals surface area (Å²) >= 11 is 0. The first-order chi connectivity index (χ1) is 16.7. The fraction of sp³-hybridized carbons (Fsp3) is 0.481. The highest BCUT2D eigenvalue weighted by Gasteiger charge is 2.30. The summed E-state index contributed by atoms with van der Waals surface area (Å²) in [6, 6.07) is 10.8. The molecule has 0 radical (unpaired) electrons. The molecular formula is C27H34F3NO4. The van der Waals surface area contributed by atoms with Crippen molar-refractivity contribution in [3.63, 3.8) is 0 Å². The first-order valence-electron chi connectivity index (χ1n) is 12.1. The minimum atomic E-state index is -4.40. The Morgan fingerprint density at radius 3 is 1.80 bits per heavy atom. The molecule has 0 bridgehead atoms. The third kappa shape index (κ3) is 10.4. The largest absolute Gasteiger partial charge is 0.479 e. The third-order valence-corrected chi connectivity index (χ3v) is 5.29. The molecule has 0 aliphatic heterocycles. The highest BCUT2D eigenvalue weighted by molar-refractivity contribution is 5.85. The van der Waals surface area contributed by atoms with E-state index in [1.807, 2.05) is 0 Å². The maximum atomic E-state index is 12.7. The van der Waals surface area contributed by atoms with Gasteiger partial charge in [-0.2, -0.15) is 13.2 Å². The number of unbranched alkanes of at least 4 members (excludes halogenated alkanes) is 4. The molecule has 1 unspecified atom stereocenters. The zero-order valence-electron chi connectivity index (χ0n) is 20.6. The molecule has 0 fully saturated rings. The average Bonchev–Trinajstić information content (AvgIpc) is 2.83. The lowest BCUT2D eigenvalue weighted by Gasteiger charge is -2.13. The summed E-state index contributed by atoms with van der Waals surface area (Å²) in [6.45, 7) is 5.86. The second kappa shape index (κ2) is 14.4. The van der Waals surface area contributed by atoms with E-state index in [2.05, 4.69) is 19.0 Å². The summed E-state index contributed by atoms with van der Waals surface area (Å²) in [5.41, 5.74) is 0.157. The Bertz CT molecular complexity index is 913. The van der Waals surface area contributed by atoms with E-state index < -0.39 is 23.8 Å². The van der Waals surface area contributed by atoms with Gasteiger partial charge in [-0.1, -0.05) is 44.7 Å². The molecule has 2 aromatic carbocycles. The van der Waals surface area contributed by atoms with Gasteiger partial charge in [0.25, 0.3) is 0 Å². The normalized spacial score (nSPS) is 12.1. The number of hydrogen-bond acceptors (Lipinski definition) is 5. The highest BCUT2D eigenvalue weighted by Crippen LogP contribution is 2.31. The van der Waals surface area contributed by atoms with Crippen LogP contribution in [0, 0.1) is 0 Å². The van der Waals surface area contributed by atoms with Crippen LogP contribution in [0.25, 0.3) is 0 Å². The first kappa shape index (κ1) is 28.2. The summed E-state index contributed by atoms with van der Waals surface area (Å²) in [6.07, 6.45) is 2.86. The average molecular weight is 494 g/mol. The molecule has 0 saturated carbocycles. The molecule has 2 rings (SSSR count). The lowest BCUT2D eigenvalue weighted by atomic mass is 10.1. The number of halogens is 3. The van der Waals surface area contributed by atoms with Crippen molar-refractivity contribution in [3.8, 4) is 17.2 Å². The number of carbonyl (C=O) groups is 1. The van der Waals surface area contributed by atoms with Crippen LogP contribution in [-0.2, 0) is 15.8 Å². The van der Waals surface area contributed by atoms with Crippen LogP contribution >= 0.6 is 0 Å². The van der Waals surface area contributed by atoms with Gasteiger partial charge in [0.2, 0.25) is 0 Å². The molecule has 1 atom stereocenters. The fourth-order valence-corrected chi connectivity index (χ4v) is 3.24. The summed E-state index contributed by atoms with van der Waals surface area (Å²) in [4.78, 5) is 17.5. The molecule has 35 heavy (non-hydrogen) atoms. The Morgan fingerprint density at radius 2 is 1.31 bits per heavy atom. The number of carbonyl (C=O) groups excluding carboxylic acids is 1. The topological polar surface area (TPSA) is 57.1 Å². The van der Waals surface area contributed by atoms with Gasteiger partial charge in [0.1, 0.15) is 17.2 Å².